The van der Waals surface area contributed by atoms with Crippen molar-refractivity contribution >= 4 is 32.9 Å². The first-order chi connectivity index (χ1) is 14.1. The van der Waals surface area contributed by atoms with Crippen LogP contribution in [0.1, 0.15) is 18.1 Å². The Morgan fingerprint density at radius 1 is 1.07 bits per heavy atom. The summed E-state index contributed by atoms with van der Waals surface area (Å²) in [7, 11) is 0. The number of hydrogen-bond donors (Lipinski definition) is 0. The van der Waals surface area contributed by atoms with Crippen molar-refractivity contribution in [2.45, 2.75) is 19.9 Å². The van der Waals surface area contributed by atoms with Crippen molar-refractivity contribution in [3.8, 4) is 0 Å². The van der Waals surface area contributed by atoms with Crippen LogP contribution in [0.4, 0.5) is 8.78 Å². The number of benzene rings is 2. The van der Waals surface area contributed by atoms with E-state index in [4.69, 9.17) is 4.42 Å². The summed E-state index contributed by atoms with van der Waals surface area (Å²) in [5.41, 5.74) is 2.04. The third-order valence-electron chi connectivity index (χ3n) is 5.30. The molecule has 4 nitrogen and oxygen atoms in total. The van der Waals surface area contributed by atoms with Crippen LogP contribution in [0.2, 0.25) is 0 Å². The standard InChI is InChI=1S/C23H16F2N2O2/c1-2-13-5-8-19-17(10-13)20-16-4-3-9-26-22(16)29-23(28)21(20)27(19)12-14-11-15(24)6-7-18(14)25/h3-11H,2,12H2,1H3. The van der Waals surface area contributed by atoms with E-state index in [1.165, 1.54) is 0 Å². The molecule has 0 aliphatic carbocycles. The van der Waals surface area contributed by atoms with E-state index in [-0.39, 0.29) is 17.8 Å². The molecule has 0 N–H and O–H groups in total. The molecule has 0 saturated heterocycles. The third kappa shape index (κ3) is 2.71. The van der Waals surface area contributed by atoms with E-state index in [1.54, 1.807) is 16.8 Å². The molecule has 0 bridgehead atoms. The molecule has 0 atom stereocenters. The Morgan fingerprint density at radius 3 is 2.76 bits per heavy atom. The Morgan fingerprint density at radius 2 is 1.93 bits per heavy atom. The average Bonchev–Trinajstić information content (AvgIpc) is 3.05. The quantitative estimate of drug-likeness (QED) is 0.426. The van der Waals surface area contributed by atoms with Gasteiger partial charge in [0, 0.05) is 33.4 Å². The van der Waals surface area contributed by atoms with Crippen LogP contribution in [-0.4, -0.2) is 9.55 Å². The summed E-state index contributed by atoms with van der Waals surface area (Å²) >= 11 is 0. The minimum Gasteiger partial charge on any atom is -0.402 e. The van der Waals surface area contributed by atoms with Gasteiger partial charge in [0.2, 0.25) is 5.71 Å². The molecule has 29 heavy (non-hydrogen) atoms. The number of fused-ring (bicyclic) bond motifs is 5. The van der Waals surface area contributed by atoms with Crippen LogP contribution in [0.25, 0.3) is 32.9 Å². The van der Waals surface area contributed by atoms with Crippen molar-refractivity contribution in [1.82, 2.24) is 9.55 Å². The molecule has 0 saturated carbocycles. The fourth-order valence-electron chi connectivity index (χ4n) is 3.90. The van der Waals surface area contributed by atoms with Crippen molar-refractivity contribution in [2.75, 3.05) is 0 Å². The highest BCUT2D eigenvalue weighted by atomic mass is 19.1. The van der Waals surface area contributed by atoms with Crippen molar-refractivity contribution in [3.05, 3.63) is 87.9 Å². The molecule has 0 radical (unpaired) electrons. The average molecular weight is 390 g/mol. The lowest BCUT2D eigenvalue weighted by Gasteiger charge is -2.09. The highest BCUT2D eigenvalue weighted by Crippen LogP contribution is 2.33. The van der Waals surface area contributed by atoms with Gasteiger partial charge in [-0.15, -0.1) is 0 Å². The maximum Gasteiger partial charge on any atom is 0.362 e. The minimum absolute atomic E-state index is 0.00555. The number of halogens is 2. The zero-order valence-electron chi connectivity index (χ0n) is 15.6. The number of pyridine rings is 1. The Labute approximate surface area is 164 Å². The van der Waals surface area contributed by atoms with Gasteiger partial charge in [0.1, 0.15) is 17.2 Å². The van der Waals surface area contributed by atoms with Crippen molar-refractivity contribution < 1.29 is 13.2 Å². The predicted octanol–water partition coefficient (Wildman–Crippen LogP) is 5.18. The van der Waals surface area contributed by atoms with Crippen LogP contribution in [0.15, 0.2) is 63.9 Å². The topological polar surface area (TPSA) is 48.0 Å². The molecule has 6 heteroatoms. The molecule has 2 aromatic carbocycles. The van der Waals surface area contributed by atoms with Crippen LogP contribution in [-0.2, 0) is 13.0 Å². The summed E-state index contributed by atoms with van der Waals surface area (Å²) in [5, 5.41) is 2.28. The lowest BCUT2D eigenvalue weighted by molar-refractivity contribution is 0.551. The van der Waals surface area contributed by atoms with Crippen LogP contribution in [0, 0.1) is 11.6 Å². The first-order valence-electron chi connectivity index (χ1n) is 9.33. The second-order valence-electron chi connectivity index (χ2n) is 7.00. The van der Waals surface area contributed by atoms with Gasteiger partial charge in [0.05, 0.1) is 6.54 Å². The van der Waals surface area contributed by atoms with E-state index >= 15 is 0 Å². The molecule has 0 fully saturated rings. The van der Waals surface area contributed by atoms with Gasteiger partial charge < -0.3 is 8.98 Å². The molecule has 0 aliphatic heterocycles. The lowest BCUT2D eigenvalue weighted by atomic mass is 10.1. The Balaban J connectivity index is 1.93. The van der Waals surface area contributed by atoms with Crippen molar-refractivity contribution in [2.24, 2.45) is 0 Å². The first kappa shape index (κ1) is 17.6. The van der Waals surface area contributed by atoms with Crippen molar-refractivity contribution in [3.63, 3.8) is 0 Å². The molecule has 0 amide bonds. The van der Waals surface area contributed by atoms with E-state index in [0.717, 1.165) is 41.1 Å². The number of aromatic nitrogens is 2. The van der Waals surface area contributed by atoms with E-state index < -0.39 is 17.3 Å². The minimum atomic E-state index is -0.558. The monoisotopic (exact) mass is 390 g/mol. The maximum atomic E-state index is 14.3. The smallest absolute Gasteiger partial charge is 0.362 e. The van der Waals surface area contributed by atoms with Gasteiger partial charge in [-0.25, -0.2) is 18.6 Å². The fraction of sp³-hybridized carbons (Fsp3) is 0.130. The largest absolute Gasteiger partial charge is 0.402 e. The molecule has 0 aliphatic rings. The molecule has 3 aromatic heterocycles. The lowest BCUT2D eigenvalue weighted by Crippen LogP contribution is -2.09. The fourth-order valence-corrected chi connectivity index (χ4v) is 3.90. The SMILES string of the molecule is CCc1ccc2c(c1)c1c3cccnc3oc(=O)c1n2Cc1cc(F)ccc1F. The molecule has 144 valence electrons. The zero-order chi connectivity index (χ0) is 20.1. The number of hydrogen-bond acceptors (Lipinski definition) is 3. The number of aryl methyl sites for hydroxylation is 1. The van der Waals surface area contributed by atoms with E-state index in [2.05, 4.69) is 11.9 Å². The Bertz CT molecular complexity index is 1470. The van der Waals surface area contributed by atoms with Crippen molar-refractivity contribution in [1.29, 1.82) is 0 Å². The molecule has 5 aromatic rings. The summed E-state index contributed by atoms with van der Waals surface area (Å²) in [4.78, 5) is 17.1. The maximum absolute atomic E-state index is 14.3. The molecular weight excluding hydrogens is 374 g/mol. The van der Waals surface area contributed by atoms with Gasteiger partial charge in [-0.05, 0) is 54.4 Å². The summed E-state index contributed by atoms with van der Waals surface area (Å²) in [6.45, 7) is 2.06. The van der Waals surface area contributed by atoms with Gasteiger partial charge in [0.25, 0.3) is 0 Å². The van der Waals surface area contributed by atoms with Gasteiger partial charge in [0.15, 0.2) is 0 Å². The molecule has 5 rings (SSSR count). The molecular formula is C23H16F2N2O2. The second kappa shape index (κ2) is 6.51. The zero-order valence-corrected chi connectivity index (χ0v) is 15.6. The first-order valence-corrected chi connectivity index (χ1v) is 9.33. The summed E-state index contributed by atoms with van der Waals surface area (Å²) in [6, 6.07) is 12.9. The molecule has 0 unspecified atom stereocenters. The Hall–Kier alpha value is -3.54. The van der Waals surface area contributed by atoms with Gasteiger partial charge in [-0.2, -0.15) is 0 Å². The summed E-state index contributed by atoms with van der Waals surface area (Å²) in [5.74, 6) is -1.06. The predicted molar refractivity (Wildman–Crippen MR) is 108 cm³/mol. The van der Waals surface area contributed by atoms with Crippen LogP contribution in [0.5, 0.6) is 0 Å². The second-order valence-corrected chi connectivity index (χ2v) is 7.00. The third-order valence-corrected chi connectivity index (χ3v) is 5.30. The molecule has 0 spiro atoms. The van der Waals surface area contributed by atoms with Crippen LogP contribution < -0.4 is 5.63 Å². The summed E-state index contributed by atoms with van der Waals surface area (Å²) in [6.07, 6.45) is 2.40. The van der Waals surface area contributed by atoms with E-state index in [9.17, 15) is 13.6 Å². The van der Waals surface area contributed by atoms with Gasteiger partial charge in [-0.1, -0.05) is 13.0 Å². The van der Waals surface area contributed by atoms with E-state index in [1.807, 2.05) is 24.3 Å². The Kier molecular flexibility index (Phi) is 3.94. The highest BCUT2D eigenvalue weighted by molar-refractivity contribution is 6.18. The van der Waals surface area contributed by atoms with Crippen LogP contribution in [0.3, 0.4) is 0 Å². The number of rotatable bonds is 3. The number of nitrogens with zero attached hydrogens (tertiary/aromatic N) is 2. The summed E-state index contributed by atoms with van der Waals surface area (Å²) < 4.78 is 35.2. The highest BCUT2D eigenvalue weighted by Gasteiger charge is 2.20. The van der Waals surface area contributed by atoms with Gasteiger partial charge >= 0.3 is 5.63 Å². The van der Waals surface area contributed by atoms with Crippen LogP contribution >= 0.6 is 0 Å². The van der Waals surface area contributed by atoms with Gasteiger partial charge in [-0.3, -0.25) is 0 Å². The normalized spacial score (nSPS) is 11.7. The van der Waals surface area contributed by atoms with E-state index in [0.29, 0.717) is 16.3 Å². The molecule has 3 heterocycles.